The van der Waals surface area contributed by atoms with E-state index in [1.807, 2.05) is 0 Å². The van der Waals surface area contributed by atoms with Crippen LogP contribution in [-0.4, -0.2) is 11.6 Å². The third kappa shape index (κ3) is 2.06. The van der Waals surface area contributed by atoms with Crippen molar-refractivity contribution >= 4 is 5.97 Å². The molecule has 0 aromatic rings. The van der Waals surface area contributed by atoms with Gasteiger partial charge in [0.05, 0.1) is 0 Å². The molecule has 0 aromatic carbocycles. The van der Waals surface area contributed by atoms with Crippen LogP contribution in [0.4, 0.5) is 0 Å². The van der Waals surface area contributed by atoms with Crippen molar-refractivity contribution in [2.24, 2.45) is 29.1 Å². The Morgan fingerprint density at radius 3 is 2.88 bits per heavy atom. The molecular formula is C22H28O2. The summed E-state index contributed by atoms with van der Waals surface area (Å²) < 4.78 is 5.81. The van der Waals surface area contributed by atoms with E-state index < -0.39 is 5.60 Å². The van der Waals surface area contributed by atoms with Crippen LogP contribution >= 0.6 is 0 Å². The summed E-state index contributed by atoms with van der Waals surface area (Å²) in [7, 11) is 0. The van der Waals surface area contributed by atoms with Crippen LogP contribution in [0.2, 0.25) is 0 Å². The maximum atomic E-state index is 11.7. The first-order valence-corrected chi connectivity index (χ1v) is 9.54. The Hall–Kier alpha value is -1.49. The molecule has 3 saturated carbocycles. The molecule has 3 fully saturated rings. The molecule has 0 aromatic heterocycles. The van der Waals surface area contributed by atoms with E-state index in [1.54, 1.807) is 5.57 Å². The summed E-state index contributed by atoms with van der Waals surface area (Å²) in [5.74, 6) is 5.57. The van der Waals surface area contributed by atoms with Gasteiger partial charge in [-0.25, -0.2) is 0 Å². The number of esters is 1. The highest BCUT2D eigenvalue weighted by Gasteiger charge is 2.64. The van der Waals surface area contributed by atoms with Gasteiger partial charge in [-0.2, -0.15) is 0 Å². The molecule has 2 nitrogen and oxygen atoms in total. The van der Waals surface area contributed by atoms with Crippen molar-refractivity contribution in [2.45, 2.75) is 64.4 Å². The van der Waals surface area contributed by atoms with Crippen molar-refractivity contribution in [1.82, 2.24) is 0 Å². The Bertz CT molecular complexity index is 651. The highest BCUT2D eigenvalue weighted by molar-refractivity contribution is 5.67. The minimum atomic E-state index is -0.683. The van der Waals surface area contributed by atoms with E-state index in [9.17, 15) is 4.79 Å². The second-order valence-corrected chi connectivity index (χ2v) is 8.54. The van der Waals surface area contributed by atoms with Crippen LogP contribution in [0, 0.1) is 41.4 Å². The smallest absolute Gasteiger partial charge is 0.304 e. The molecule has 4 aliphatic rings. The van der Waals surface area contributed by atoms with Crippen LogP contribution in [0.5, 0.6) is 0 Å². The molecular weight excluding hydrogens is 296 g/mol. The van der Waals surface area contributed by atoms with Crippen LogP contribution in [-0.2, 0) is 9.53 Å². The predicted molar refractivity (Wildman–Crippen MR) is 94.9 cm³/mol. The van der Waals surface area contributed by atoms with Gasteiger partial charge in [0.15, 0.2) is 5.60 Å². The molecule has 6 atom stereocenters. The van der Waals surface area contributed by atoms with Crippen LogP contribution in [0.3, 0.4) is 0 Å². The van der Waals surface area contributed by atoms with E-state index in [0.29, 0.717) is 5.92 Å². The van der Waals surface area contributed by atoms with Crippen LogP contribution in [0.15, 0.2) is 23.8 Å². The van der Waals surface area contributed by atoms with Gasteiger partial charge in [-0.05, 0) is 68.6 Å². The molecule has 24 heavy (non-hydrogen) atoms. The first-order chi connectivity index (χ1) is 11.5. The first kappa shape index (κ1) is 16.0. The van der Waals surface area contributed by atoms with Gasteiger partial charge in [-0.1, -0.05) is 36.6 Å². The zero-order chi connectivity index (χ0) is 16.9. The number of terminal acetylenes is 1. The summed E-state index contributed by atoms with van der Waals surface area (Å²) in [6, 6.07) is 0. The van der Waals surface area contributed by atoms with Crippen molar-refractivity contribution in [2.75, 3.05) is 0 Å². The standard InChI is InChI=1S/C22H28O2/c1-4-22(24-15(2)23)14-12-20-19-10-9-16-7-5-6-8-17(16)18(19)11-13-21(20,22)3/h1,5-7,17-20H,8-14H2,2-3H3/t17-,18+,19+,20-,21-,22-/m0/s1. The zero-order valence-electron chi connectivity index (χ0n) is 14.9. The third-order valence-corrected chi connectivity index (χ3v) is 7.76. The molecule has 2 heteroatoms. The lowest BCUT2D eigenvalue weighted by Gasteiger charge is -2.55. The molecule has 128 valence electrons. The monoisotopic (exact) mass is 324 g/mol. The number of allylic oxidation sites excluding steroid dienone is 4. The lowest BCUT2D eigenvalue weighted by molar-refractivity contribution is -0.167. The van der Waals surface area contributed by atoms with Gasteiger partial charge in [-0.15, -0.1) is 6.42 Å². The molecule has 4 aliphatic carbocycles. The molecule has 0 saturated heterocycles. The number of carbonyl (C=O) groups is 1. The van der Waals surface area contributed by atoms with Crippen molar-refractivity contribution in [1.29, 1.82) is 0 Å². The Kier molecular flexibility index (Phi) is 3.68. The van der Waals surface area contributed by atoms with Crippen LogP contribution < -0.4 is 0 Å². The summed E-state index contributed by atoms with van der Waals surface area (Å²) in [5.41, 5.74) is 0.931. The SMILES string of the molecule is C#C[C@]1(OC(C)=O)CC[C@H]2[C@@H]3CCC4=CC=CC[C@@H]4[C@H]3CC[C@@]21C. The quantitative estimate of drug-likeness (QED) is 0.518. The van der Waals surface area contributed by atoms with E-state index in [-0.39, 0.29) is 11.4 Å². The number of hydrogen-bond donors (Lipinski definition) is 0. The molecule has 4 rings (SSSR count). The first-order valence-electron chi connectivity index (χ1n) is 9.54. The average Bonchev–Trinajstić information content (AvgIpc) is 2.87. The van der Waals surface area contributed by atoms with E-state index in [0.717, 1.165) is 37.0 Å². The lowest BCUT2D eigenvalue weighted by Crippen LogP contribution is -2.53. The Morgan fingerprint density at radius 2 is 2.12 bits per heavy atom. The fourth-order valence-electron chi connectivity index (χ4n) is 6.65. The molecule has 0 heterocycles. The third-order valence-electron chi connectivity index (χ3n) is 7.76. The number of carbonyl (C=O) groups excluding carboxylic acids is 1. The lowest BCUT2D eigenvalue weighted by atomic mass is 9.51. The number of ether oxygens (including phenoxy) is 1. The second-order valence-electron chi connectivity index (χ2n) is 8.54. The summed E-state index contributed by atoms with van der Waals surface area (Å²) in [4.78, 5) is 11.7. The number of hydrogen-bond acceptors (Lipinski definition) is 2. The van der Waals surface area contributed by atoms with Crippen LogP contribution in [0.25, 0.3) is 0 Å². The van der Waals surface area contributed by atoms with Crippen molar-refractivity contribution in [3.05, 3.63) is 23.8 Å². The zero-order valence-corrected chi connectivity index (χ0v) is 14.9. The topological polar surface area (TPSA) is 26.3 Å². The molecule has 0 amide bonds. The van der Waals surface area contributed by atoms with Crippen molar-refractivity contribution in [3.63, 3.8) is 0 Å². The molecule has 0 radical (unpaired) electrons. The molecule has 0 bridgehead atoms. The van der Waals surface area contributed by atoms with Crippen molar-refractivity contribution < 1.29 is 9.53 Å². The van der Waals surface area contributed by atoms with Crippen LogP contribution in [0.1, 0.15) is 58.8 Å². The molecule has 0 unspecified atom stereocenters. The van der Waals surface area contributed by atoms with E-state index in [1.165, 1.54) is 32.6 Å². The second kappa shape index (κ2) is 5.51. The maximum absolute atomic E-state index is 11.7. The number of rotatable bonds is 1. The van der Waals surface area contributed by atoms with Gasteiger partial charge in [-0.3, -0.25) is 4.79 Å². The molecule has 0 aliphatic heterocycles. The minimum absolute atomic E-state index is 0.0552. The Morgan fingerprint density at radius 1 is 1.29 bits per heavy atom. The molecule has 0 N–H and O–H groups in total. The maximum Gasteiger partial charge on any atom is 0.304 e. The van der Waals surface area contributed by atoms with Gasteiger partial charge >= 0.3 is 5.97 Å². The van der Waals surface area contributed by atoms with Gasteiger partial charge < -0.3 is 4.74 Å². The Balaban J connectivity index is 1.65. The fraction of sp³-hybridized carbons (Fsp3) is 0.682. The van der Waals surface area contributed by atoms with E-state index >= 15 is 0 Å². The Labute approximate surface area is 145 Å². The largest absolute Gasteiger partial charge is 0.445 e. The van der Waals surface area contributed by atoms with E-state index in [2.05, 4.69) is 31.1 Å². The van der Waals surface area contributed by atoms with Gasteiger partial charge in [0.25, 0.3) is 0 Å². The molecule has 0 spiro atoms. The van der Waals surface area contributed by atoms with Gasteiger partial charge in [0.1, 0.15) is 0 Å². The highest BCUT2D eigenvalue weighted by atomic mass is 16.6. The summed E-state index contributed by atoms with van der Waals surface area (Å²) in [6.07, 6.45) is 20.8. The number of fused-ring (bicyclic) bond motifs is 5. The fourth-order valence-corrected chi connectivity index (χ4v) is 6.65. The summed E-state index contributed by atoms with van der Waals surface area (Å²) >= 11 is 0. The normalized spacial score (nSPS) is 46.1. The predicted octanol–water partition coefficient (Wildman–Crippen LogP) is 4.66. The minimum Gasteiger partial charge on any atom is -0.445 e. The van der Waals surface area contributed by atoms with Crippen molar-refractivity contribution in [3.8, 4) is 12.3 Å². The van der Waals surface area contributed by atoms with E-state index in [4.69, 9.17) is 11.2 Å². The highest BCUT2D eigenvalue weighted by Crippen LogP contribution is 2.65. The van der Waals surface area contributed by atoms with Gasteiger partial charge in [0, 0.05) is 12.3 Å². The summed E-state index contributed by atoms with van der Waals surface area (Å²) in [6.45, 7) is 3.79. The van der Waals surface area contributed by atoms with Gasteiger partial charge in [0.2, 0.25) is 0 Å². The summed E-state index contributed by atoms with van der Waals surface area (Å²) in [5, 5.41) is 0. The average molecular weight is 324 g/mol.